The molecule has 120 valence electrons. The van der Waals surface area contributed by atoms with Crippen LogP contribution < -0.4 is 5.32 Å². The van der Waals surface area contributed by atoms with Crippen LogP contribution in [0.1, 0.15) is 15.9 Å². The van der Waals surface area contributed by atoms with E-state index in [2.05, 4.69) is 20.5 Å². The first kappa shape index (κ1) is 15.3. The summed E-state index contributed by atoms with van der Waals surface area (Å²) in [5.74, 6) is -0.305. The van der Waals surface area contributed by atoms with E-state index in [1.165, 1.54) is 6.07 Å². The molecule has 0 aliphatic carbocycles. The van der Waals surface area contributed by atoms with Crippen LogP contribution in [0.5, 0.6) is 0 Å². The van der Waals surface area contributed by atoms with Crippen molar-refractivity contribution in [2.24, 2.45) is 0 Å². The van der Waals surface area contributed by atoms with Gasteiger partial charge in [0.25, 0.3) is 11.6 Å². The van der Waals surface area contributed by atoms with E-state index in [1.54, 1.807) is 49.6 Å². The first-order valence-electron chi connectivity index (χ1n) is 7.07. The predicted octanol–water partition coefficient (Wildman–Crippen LogP) is 2.94. The minimum atomic E-state index is -0.585. The number of carbonyl (C=O) groups excluding carboxylic acids is 1. The number of nitrogens with zero attached hydrogens (tertiary/aromatic N) is 3. The molecule has 3 aromatic rings. The maximum absolute atomic E-state index is 12.4. The summed E-state index contributed by atoms with van der Waals surface area (Å²) in [5, 5.41) is 20.6. The highest BCUT2D eigenvalue weighted by Crippen LogP contribution is 2.24. The smallest absolute Gasteiger partial charge is 0.285 e. The van der Waals surface area contributed by atoms with Gasteiger partial charge in [0.15, 0.2) is 5.82 Å². The number of benzene rings is 1. The van der Waals surface area contributed by atoms with Gasteiger partial charge in [-0.25, -0.2) is 0 Å². The Hall–Kier alpha value is -3.55. The summed E-state index contributed by atoms with van der Waals surface area (Å²) in [7, 11) is 0. The zero-order valence-corrected chi connectivity index (χ0v) is 12.7. The third kappa shape index (κ3) is 2.98. The van der Waals surface area contributed by atoms with Crippen molar-refractivity contribution in [3.05, 3.63) is 70.0 Å². The van der Waals surface area contributed by atoms with E-state index in [9.17, 15) is 14.9 Å². The summed E-state index contributed by atoms with van der Waals surface area (Å²) >= 11 is 0. The molecule has 0 saturated carbocycles. The highest BCUT2D eigenvalue weighted by atomic mass is 16.6. The SMILES string of the molecule is Cc1cccc(C(=O)Nc2cc(-c3ccncc3)[nH]n2)c1[N+](=O)[O-]. The third-order valence-electron chi connectivity index (χ3n) is 3.48. The summed E-state index contributed by atoms with van der Waals surface area (Å²) in [6, 6.07) is 9.84. The number of aromatic amines is 1. The van der Waals surface area contributed by atoms with Crippen molar-refractivity contribution in [1.29, 1.82) is 0 Å². The number of hydrogen-bond donors (Lipinski definition) is 2. The number of para-hydroxylation sites is 1. The van der Waals surface area contributed by atoms with Crippen LogP contribution in [0.4, 0.5) is 11.5 Å². The van der Waals surface area contributed by atoms with E-state index in [4.69, 9.17) is 0 Å². The number of pyridine rings is 1. The Morgan fingerprint density at radius 1 is 1.25 bits per heavy atom. The molecule has 2 heterocycles. The monoisotopic (exact) mass is 323 g/mol. The minimum absolute atomic E-state index is 0.00605. The molecule has 0 saturated heterocycles. The Labute approximate surface area is 136 Å². The zero-order chi connectivity index (χ0) is 17.1. The van der Waals surface area contributed by atoms with E-state index in [0.717, 1.165) is 5.56 Å². The number of H-pyrrole nitrogens is 1. The Morgan fingerprint density at radius 3 is 2.71 bits per heavy atom. The molecule has 8 nitrogen and oxygen atoms in total. The second kappa shape index (κ2) is 6.29. The van der Waals surface area contributed by atoms with Gasteiger partial charge in [-0.05, 0) is 25.1 Å². The van der Waals surface area contributed by atoms with Crippen LogP contribution >= 0.6 is 0 Å². The van der Waals surface area contributed by atoms with Gasteiger partial charge in [0.2, 0.25) is 0 Å². The van der Waals surface area contributed by atoms with Gasteiger partial charge >= 0.3 is 0 Å². The van der Waals surface area contributed by atoms with Crippen LogP contribution in [0.2, 0.25) is 0 Å². The first-order valence-corrected chi connectivity index (χ1v) is 7.07. The summed E-state index contributed by atoms with van der Waals surface area (Å²) < 4.78 is 0. The van der Waals surface area contributed by atoms with Gasteiger partial charge in [0.05, 0.1) is 10.6 Å². The van der Waals surface area contributed by atoms with Crippen molar-refractivity contribution in [3.63, 3.8) is 0 Å². The van der Waals surface area contributed by atoms with Gasteiger partial charge in [0.1, 0.15) is 5.56 Å². The molecule has 0 fully saturated rings. The average molecular weight is 323 g/mol. The van der Waals surface area contributed by atoms with E-state index in [1.807, 2.05) is 0 Å². The number of hydrogen-bond acceptors (Lipinski definition) is 5. The average Bonchev–Trinajstić information content (AvgIpc) is 3.03. The first-order chi connectivity index (χ1) is 11.6. The van der Waals surface area contributed by atoms with E-state index >= 15 is 0 Å². The van der Waals surface area contributed by atoms with Crippen molar-refractivity contribution in [1.82, 2.24) is 15.2 Å². The number of anilines is 1. The van der Waals surface area contributed by atoms with Crippen LogP contribution in [-0.4, -0.2) is 26.0 Å². The number of nitro benzene ring substituents is 1. The number of aryl methyl sites for hydroxylation is 1. The number of rotatable bonds is 4. The van der Waals surface area contributed by atoms with Crippen LogP contribution in [0.3, 0.4) is 0 Å². The molecule has 1 aromatic carbocycles. The van der Waals surface area contributed by atoms with Crippen LogP contribution in [0.15, 0.2) is 48.8 Å². The number of nitrogens with one attached hydrogen (secondary N) is 2. The van der Waals surface area contributed by atoms with Crippen molar-refractivity contribution in [2.75, 3.05) is 5.32 Å². The zero-order valence-electron chi connectivity index (χ0n) is 12.7. The Bertz CT molecular complexity index is 905. The lowest BCUT2D eigenvalue weighted by Crippen LogP contribution is -2.14. The second-order valence-electron chi connectivity index (χ2n) is 5.09. The molecule has 0 aliphatic rings. The van der Waals surface area contributed by atoms with Crippen molar-refractivity contribution < 1.29 is 9.72 Å². The molecule has 8 heteroatoms. The van der Waals surface area contributed by atoms with E-state index in [0.29, 0.717) is 11.3 Å². The van der Waals surface area contributed by atoms with Gasteiger partial charge in [-0.2, -0.15) is 5.10 Å². The molecule has 0 atom stereocenters. The molecule has 0 radical (unpaired) electrons. The van der Waals surface area contributed by atoms with Crippen molar-refractivity contribution >= 4 is 17.4 Å². The van der Waals surface area contributed by atoms with Crippen molar-refractivity contribution in [3.8, 4) is 11.3 Å². The molecular weight excluding hydrogens is 310 g/mol. The quantitative estimate of drug-likeness (QED) is 0.566. The fraction of sp³-hybridized carbons (Fsp3) is 0.0625. The molecule has 1 amide bonds. The lowest BCUT2D eigenvalue weighted by Gasteiger charge is -2.04. The Kier molecular flexibility index (Phi) is 4.02. The molecule has 3 rings (SSSR count). The molecular formula is C16H13N5O3. The molecule has 0 spiro atoms. The lowest BCUT2D eigenvalue weighted by atomic mass is 10.1. The molecule has 0 unspecified atom stereocenters. The van der Waals surface area contributed by atoms with Gasteiger partial charge < -0.3 is 5.32 Å². The standard InChI is InChI=1S/C16H13N5O3/c1-10-3-2-4-12(15(10)21(23)24)16(22)18-14-9-13(19-20-14)11-5-7-17-8-6-11/h2-9H,1H3,(H2,18,19,20,22). The molecule has 0 aliphatic heterocycles. The fourth-order valence-corrected chi connectivity index (χ4v) is 2.33. The van der Waals surface area contributed by atoms with Crippen LogP contribution in [0, 0.1) is 17.0 Å². The highest BCUT2D eigenvalue weighted by Gasteiger charge is 2.22. The van der Waals surface area contributed by atoms with Gasteiger partial charge in [-0.3, -0.25) is 25.0 Å². The van der Waals surface area contributed by atoms with E-state index in [-0.39, 0.29) is 17.1 Å². The molecule has 2 N–H and O–H groups in total. The van der Waals surface area contributed by atoms with Gasteiger partial charge in [0, 0.05) is 29.6 Å². The predicted molar refractivity (Wildman–Crippen MR) is 87.6 cm³/mol. The van der Waals surface area contributed by atoms with Crippen LogP contribution in [-0.2, 0) is 0 Å². The fourth-order valence-electron chi connectivity index (χ4n) is 2.33. The van der Waals surface area contributed by atoms with Gasteiger partial charge in [-0.15, -0.1) is 0 Å². The summed E-state index contributed by atoms with van der Waals surface area (Å²) in [5.41, 5.74) is 1.77. The number of aromatic nitrogens is 3. The van der Waals surface area contributed by atoms with Crippen molar-refractivity contribution in [2.45, 2.75) is 6.92 Å². The maximum Gasteiger partial charge on any atom is 0.285 e. The highest BCUT2D eigenvalue weighted by molar-refractivity contribution is 6.07. The lowest BCUT2D eigenvalue weighted by molar-refractivity contribution is -0.385. The summed E-state index contributed by atoms with van der Waals surface area (Å²) in [6.45, 7) is 1.59. The Balaban J connectivity index is 1.85. The van der Waals surface area contributed by atoms with Gasteiger partial charge in [-0.1, -0.05) is 12.1 Å². The normalized spacial score (nSPS) is 10.4. The molecule has 0 bridgehead atoms. The number of amides is 1. The van der Waals surface area contributed by atoms with E-state index < -0.39 is 10.8 Å². The molecule has 24 heavy (non-hydrogen) atoms. The molecule has 2 aromatic heterocycles. The maximum atomic E-state index is 12.4. The minimum Gasteiger partial charge on any atom is -0.305 e. The van der Waals surface area contributed by atoms with Crippen LogP contribution in [0.25, 0.3) is 11.3 Å². The topological polar surface area (TPSA) is 114 Å². The second-order valence-corrected chi connectivity index (χ2v) is 5.09. The number of nitro groups is 1. The third-order valence-corrected chi connectivity index (χ3v) is 3.48. The summed E-state index contributed by atoms with van der Waals surface area (Å²) in [6.07, 6.45) is 3.29. The largest absolute Gasteiger partial charge is 0.305 e. The number of carbonyl (C=O) groups is 1. The summed E-state index contributed by atoms with van der Waals surface area (Å²) in [4.78, 5) is 26.9. The Morgan fingerprint density at radius 2 is 2.00 bits per heavy atom.